The van der Waals surface area contributed by atoms with Crippen LogP contribution in [0.2, 0.25) is 0 Å². The van der Waals surface area contributed by atoms with Gasteiger partial charge in [-0.3, -0.25) is 0 Å². The van der Waals surface area contributed by atoms with E-state index in [-0.39, 0.29) is 6.61 Å². The number of piperidine rings is 1. The van der Waals surface area contributed by atoms with Crippen molar-refractivity contribution in [1.29, 1.82) is 0 Å². The largest absolute Gasteiger partial charge is 0.427 e. The van der Waals surface area contributed by atoms with Crippen molar-refractivity contribution < 1.29 is 13.7 Å². The fourth-order valence-electron chi connectivity index (χ4n) is 3.34. The van der Waals surface area contributed by atoms with Gasteiger partial charge in [0.1, 0.15) is 11.5 Å². The molecule has 136 valence electrons. The molecule has 1 saturated heterocycles. The van der Waals surface area contributed by atoms with E-state index in [2.05, 4.69) is 32.8 Å². The molecule has 0 atom stereocenters. The van der Waals surface area contributed by atoms with Crippen LogP contribution < -0.4 is 9.08 Å². The molecule has 0 spiro atoms. The minimum Gasteiger partial charge on any atom is -0.427 e. The number of pyridine rings is 2. The number of thiol groups is 1. The van der Waals surface area contributed by atoms with Gasteiger partial charge in [0.2, 0.25) is 5.95 Å². The summed E-state index contributed by atoms with van der Waals surface area (Å²) in [5.41, 5.74) is 1.65. The first-order chi connectivity index (χ1) is 12.7. The molecule has 3 aromatic rings. The molecule has 4 rings (SSSR count). The van der Waals surface area contributed by atoms with Crippen molar-refractivity contribution in [3.63, 3.8) is 0 Å². The van der Waals surface area contributed by atoms with E-state index < -0.39 is 5.95 Å². The second-order valence-electron chi connectivity index (χ2n) is 6.50. The van der Waals surface area contributed by atoms with Crippen LogP contribution in [0.15, 0.2) is 30.5 Å². The van der Waals surface area contributed by atoms with Gasteiger partial charge in [-0.2, -0.15) is 4.39 Å². The Bertz CT molecular complexity index is 925. The second kappa shape index (κ2) is 7.13. The number of aromatic amines is 1. The van der Waals surface area contributed by atoms with Crippen molar-refractivity contribution in [3.8, 4) is 17.0 Å². The van der Waals surface area contributed by atoms with Gasteiger partial charge in [-0.1, -0.05) is 0 Å². The molecule has 0 radical (unpaired) electrons. The van der Waals surface area contributed by atoms with Crippen molar-refractivity contribution in [1.82, 2.24) is 15.0 Å². The molecule has 0 amide bonds. The zero-order chi connectivity index (χ0) is 18.1. The van der Waals surface area contributed by atoms with E-state index in [0.717, 1.165) is 31.3 Å². The molecular formula is C18H19FN4O2S. The first-order valence-corrected chi connectivity index (χ1v) is 8.87. The van der Waals surface area contributed by atoms with Gasteiger partial charge in [-0.05, 0) is 43.0 Å². The summed E-state index contributed by atoms with van der Waals surface area (Å²) in [6.07, 6.45) is 3.33. The highest BCUT2D eigenvalue weighted by Crippen LogP contribution is 2.29. The molecule has 4 heterocycles. The van der Waals surface area contributed by atoms with Gasteiger partial charge in [0, 0.05) is 38.0 Å². The van der Waals surface area contributed by atoms with Crippen LogP contribution in [0.3, 0.4) is 0 Å². The van der Waals surface area contributed by atoms with Crippen LogP contribution in [0.1, 0.15) is 12.8 Å². The summed E-state index contributed by atoms with van der Waals surface area (Å²) >= 11 is 3.76. The lowest BCUT2D eigenvalue weighted by molar-refractivity contribution is 0.202. The van der Waals surface area contributed by atoms with Crippen molar-refractivity contribution >= 4 is 29.8 Å². The lowest BCUT2D eigenvalue weighted by Crippen LogP contribution is -2.35. The Morgan fingerprint density at radius 3 is 2.81 bits per heavy atom. The fraction of sp³-hybridized carbons (Fsp3) is 0.333. The van der Waals surface area contributed by atoms with Crippen molar-refractivity contribution in [2.75, 3.05) is 24.6 Å². The number of rotatable bonds is 4. The number of hydrogen-bond acceptors (Lipinski definition) is 6. The average molecular weight is 374 g/mol. The number of aliphatic hydroxyl groups is 1. The molecule has 0 aromatic carbocycles. The molecule has 26 heavy (non-hydrogen) atoms. The minimum absolute atomic E-state index is 0.211. The summed E-state index contributed by atoms with van der Waals surface area (Å²) in [5, 5.41) is 10.0. The number of nitrogens with zero attached hydrogens (tertiary/aromatic N) is 3. The lowest BCUT2D eigenvalue weighted by atomic mass is 9.98. The minimum atomic E-state index is -0.524. The molecule has 8 heteroatoms. The molecule has 0 saturated carbocycles. The monoisotopic (exact) mass is 374 g/mol. The SMILES string of the molecule is OCC1CCN(c2ccc(-c3cc4cc(OS)cnc4[nH]3)c(F)n2)CC1. The fourth-order valence-corrected chi connectivity index (χ4v) is 3.44. The number of fused-ring (bicyclic) bond motifs is 1. The third-order valence-corrected chi connectivity index (χ3v) is 5.08. The topological polar surface area (TPSA) is 74.3 Å². The number of aromatic nitrogens is 3. The lowest BCUT2D eigenvalue weighted by Gasteiger charge is -2.32. The summed E-state index contributed by atoms with van der Waals surface area (Å²) < 4.78 is 19.5. The van der Waals surface area contributed by atoms with Crippen LogP contribution in [0.25, 0.3) is 22.3 Å². The van der Waals surface area contributed by atoms with Gasteiger partial charge < -0.3 is 19.2 Å². The summed E-state index contributed by atoms with van der Waals surface area (Å²) in [6, 6.07) is 7.15. The van der Waals surface area contributed by atoms with Gasteiger partial charge in [0.05, 0.1) is 17.5 Å². The van der Waals surface area contributed by atoms with E-state index in [1.807, 2.05) is 12.1 Å². The average Bonchev–Trinajstić information content (AvgIpc) is 3.10. The Hall–Kier alpha value is -2.32. The zero-order valence-electron chi connectivity index (χ0n) is 14.0. The van der Waals surface area contributed by atoms with Crippen LogP contribution >= 0.6 is 12.9 Å². The Balaban J connectivity index is 1.60. The Morgan fingerprint density at radius 2 is 2.12 bits per heavy atom. The van der Waals surface area contributed by atoms with Crippen molar-refractivity contribution in [2.24, 2.45) is 5.92 Å². The van der Waals surface area contributed by atoms with Crippen LogP contribution in [0.5, 0.6) is 5.75 Å². The molecule has 1 aliphatic heterocycles. The summed E-state index contributed by atoms with van der Waals surface area (Å²) in [5.74, 6) is 0.957. The smallest absolute Gasteiger partial charge is 0.224 e. The highest BCUT2D eigenvalue weighted by Gasteiger charge is 2.21. The number of nitrogens with one attached hydrogen (secondary N) is 1. The predicted octanol–water partition coefficient (Wildman–Crippen LogP) is 3.20. The van der Waals surface area contributed by atoms with Crippen molar-refractivity contribution in [2.45, 2.75) is 12.8 Å². The van der Waals surface area contributed by atoms with Gasteiger partial charge in [0.15, 0.2) is 5.75 Å². The Morgan fingerprint density at radius 1 is 1.31 bits per heavy atom. The standard InChI is InChI=1S/C18H19FN4O2S/c19-17-14(15-8-12-7-13(25-26)9-20-18(12)21-15)1-2-16(22-17)23-5-3-11(10-24)4-6-23/h1-2,7-9,11,24,26H,3-6,10H2,(H,20,21). The van der Waals surface area contributed by atoms with Gasteiger partial charge >= 0.3 is 0 Å². The quantitative estimate of drug-likeness (QED) is 0.372. The first-order valence-electron chi connectivity index (χ1n) is 8.51. The maximum absolute atomic E-state index is 14.7. The maximum Gasteiger partial charge on any atom is 0.224 e. The molecule has 6 nitrogen and oxygen atoms in total. The zero-order valence-corrected chi connectivity index (χ0v) is 14.9. The number of anilines is 1. The number of aliphatic hydroxyl groups excluding tert-OH is 1. The third kappa shape index (κ3) is 3.22. The molecule has 2 N–H and O–H groups in total. The Kier molecular flexibility index (Phi) is 4.69. The molecule has 0 aliphatic carbocycles. The highest BCUT2D eigenvalue weighted by molar-refractivity contribution is 7.75. The molecular weight excluding hydrogens is 355 g/mol. The third-order valence-electron chi connectivity index (χ3n) is 4.87. The van der Waals surface area contributed by atoms with Gasteiger partial charge in [-0.25, -0.2) is 9.97 Å². The predicted molar refractivity (Wildman–Crippen MR) is 101 cm³/mol. The van der Waals surface area contributed by atoms with Crippen molar-refractivity contribution in [3.05, 3.63) is 36.4 Å². The molecule has 1 aliphatic rings. The highest BCUT2D eigenvalue weighted by atomic mass is 32.1. The summed E-state index contributed by atoms with van der Waals surface area (Å²) in [7, 11) is 0. The summed E-state index contributed by atoms with van der Waals surface area (Å²) in [4.78, 5) is 13.5. The Labute approximate surface area is 155 Å². The summed E-state index contributed by atoms with van der Waals surface area (Å²) in [6.45, 7) is 1.77. The number of hydrogen-bond donors (Lipinski definition) is 3. The van der Waals surface area contributed by atoms with E-state index >= 15 is 0 Å². The molecule has 1 fully saturated rings. The molecule has 0 bridgehead atoms. The second-order valence-corrected chi connectivity index (χ2v) is 6.69. The molecule has 0 unspecified atom stereocenters. The number of H-pyrrole nitrogens is 1. The normalized spacial score (nSPS) is 15.6. The molecule has 3 aromatic heterocycles. The van der Waals surface area contributed by atoms with Gasteiger partial charge in [-0.15, -0.1) is 0 Å². The van der Waals surface area contributed by atoms with E-state index in [9.17, 15) is 9.50 Å². The van der Waals surface area contributed by atoms with Gasteiger partial charge in [0.25, 0.3) is 0 Å². The first kappa shape index (κ1) is 17.1. The van der Waals surface area contributed by atoms with E-state index in [4.69, 9.17) is 4.18 Å². The number of halogens is 1. The van der Waals surface area contributed by atoms with E-state index in [1.165, 1.54) is 0 Å². The van der Waals surface area contributed by atoms with Crippen LogP contribution in [0, 0.1) is 11.9 Å². The van der Waals surface area contributed by atoms with Crippen LogP contribution in [-0.2, 0) is 0 Å². The van der Waals surface area contributed by atoms with E-state index in [0.29, 0.717) is 34.4 Å². The van der Waals surface area contributed by atoms with E-state index in [1.54, 1.807) is 18.3 Å². The maximum atomic E-state index is 14.7. The van der Waals surface area contributed by atoms with Crippen LogP contribution in [-0.4, -0.2) is 39.8 Å². The van der Waals surface area contributed by atoms with Crippen LogP contribution in [0.4, 0.5) is 10.2 Å².